The quantitative estimate of drug-likeness (QED) is 0.880. The molecule has 0 saturated carbocycles. The number of thiophene rings is 1. The molecule has 0 saturated heterocycles. The van der Waals surface area contributed by atoms with Gasteiger partial charge in [-0.2, -0.15) is 11.3 Å². The first-order chi connectivity index (χ1) is 7.27. The zero-order valence-corrected chi connectivity index (χ0v) is 10.4. The molecule has 0 amide bonds. The van der Waals surface area contributed by atoms with Gasteiger partial charge >= 0.3 is 0 Å². The van der Waals surface area contributed by atoms with Crippen molar-refractivity contribution < 1.29 is 0 Å². The molecule has 0 aliphatic carbocycles. The summed E-state index contributed by atoms with van der Waals surface area (Å²) < 4.78 is 0. The number of thiazole rings is 1. The van der Waals surface area contributed by atoms with Gasteiger partial charge in [0, 0.05) is 17.6 Å². The monoisotopic (exact) mass is 238 g/mol. The van der Waals surface area contributed by atoms with Gasteiger partial charge in [0.2, 0.25) is 0 Å². The highest BCUT2D eigenvalue weighted by atomic mass is 32.1. The minimum Gasteiger partial charge on any atom is -0.301 e. The molecule has 2 heterocycles. The summed E-state index contributed by atoms with van der Waals surface area (Å²) >= 11 is 3.44. The fraction of sp³-hybridized carbons (Fsp3) is 0.364. The van der Waals surface area contributed by atoms with Crippen molar-refractivity contribution >= 4 is 22.7 Å². The molecule has 1 N–H and O–H groups in total. The summed E-state index contributed by atoms with van der Waals surface area (Å²) in [6, 6.07) is 2.87. The Morgan fingerprint density at radius 3 is 2.73 bits per heavy atom. The van der Waals surface area contributed by atoms with Crippen molar-refractivity contribution in [2.45, 2.75) is 25.9 Å². The van der Waals surface area contributed by atoms with Gasteiger partial charge in [-0.15, -0.1) is 11.3 Å². The summed E-state index contributed by atoms with van der Waals surface area (Å²) in [5.74, 6) is 0. The van der Waals surface area contributed by atoms with Crippen LogP contribution in [-0.2, 0) is 0 Å². The summed E-state index contributed by atoms with van der Waals surface area (Å²) in [4.78, 5) is 4.31. The molecule has 2 nitrogen and oxygen atoms in total. The van der Waals surface area contributed by atoms with E-state index >= 15 is 0 Å². The van der Waals surface area contributed by atoms with Crippen LogP contribution in [0.3, 0.4) is 0 Å². The maximum Gasteiger partial charge on any atom is 0.109 e. The van der Waals surface area contributed by atoms with Crippen LogP contribution in [0.2, 0.25) is 0 Å². The average molecular weight is 238 g/mol. The van der Waals surface area contributed by atoms with Crippen molar-refractivity contribution in [3.63, 3.8) is 0 Å². The van der Waals surface area contributed by atoms with Crippen LogP contribution in [0.25, 0.3) is 0 Å². The third-order valence-electron chi connectivity index (χ3n) is 2.37. The first-order valence-electron chi connectivity index (χ1n) is 4.95. The van der Waals surface area contributed by atoms with E-state index in [1.54, 1.807) is 22.7 Å². The summed E-state index contributed by atoms with van der Waals surface area (Å²) in [6.07, 6.45) is 1.85. The summed E-state index contributed by atoms with van der Waals surface area (Å²) in [5.41, 5.74) is 1.35. The second kappa shape index (κ2) is 4.88. The van der Waals surface area contributed by atoms with E-state index in [2.05, 4.69) is 41.0 Å². The lowest BCUT2D eigenvalue weighted by Gasteiger charge is -2.17. The number of rotatable bonds is 4. The fourth-order valence-electron chi connectivity index (χ4n) is 1.51. The lowest BCUT2D eigenvalue weighted by atomic mass is 10.1. The highest BCUT2D eigenvalue weighted by molar-refractivity contribution is 7.09. The predicted molar refractivity (Wildman–Crippen MR) is 66.4 cm³/mol. The van der Waals surface area contributed by atoms with E-state index in [4.69, 9.17) is 0 Å². The molecule has 2 unspecified atom stereocenters. The van der Waals surface area contributed by atoms with Crippen molar-refractivity contribution in [1.29, 1.82) is 0 Å². The van der Waals surface area contributed by atoms with Gasteiger partial charge in [-0.05, 0) is 36.2 Å². The van der Waals surface area contributed by atoms with E-state index in [1.165, 1.54) is 5.56 Å². The molecule has 0 fully saturated rings. The molecular formula is C11H14N2S2. The van der Waals surface area contributed by atoms with Crippen LogP contribution in [0.15, 0.2) is 28.4 Å². The Kier molecular flexibility index (Phi) is 3.51. The van der Waals surface area contributed by atoms with Gasteiger partial charge in [0.1, 0.15) is 5.01 Å². The molecule has 0 radical (unpaired) electrons. The van der Waals surface area contributed by atoms with Crippen molar-refractivity contribution in [2.24, 2.45) is 0 Å². The van der Waals surface area contributed by atoms with Gasteiger partial charge in [0.05, 0.1) is 6.04 Å². The zero-order chi connectivity index (χ0) is 10.7. The van der Waals surface area contributed by atoms with E-state index in [1.807, 2.05) is 11.6 Å². The second-order valence-corrected chi connectivity index (χ2v) is 5.24. The smallest absolute Gasteiger partial charge is 0.109 e. The molecule has 15 heavy (non-hydrogen) atoms. The van der Waals surface area contributed by atoms with Gasteiger partial charge in [0.25, 0.3) is 0 Å². The van der Waals surface area contributed by atoms with Crippen LogP contribution in [-0.4, -0.2) is 4.98 Å². The van der Waals surface area contributed by atoms with Gasteiger partial charge in [-0.1, -0.05) is 0 Å². The van der Waals surface area contributed by atoms with Crippen LogP contribution in [0.1, 0.15) is 36.5 Å². The standard InChI is InChI=1S/C11H14N2S2/c1-8(10-3-5-14-7-10)13-9(2)11-12-4-6-15-11/h3-9,13H,1-2H3. The minimum absolute atomic E-state index is 0.319. The van der Waals surface area contributed by atoms with E-state index < -0.39 is 0 Å². The van der Waals surface area contributed by atoms with E-state index in [0.717, 1.165) is 5.01 Å². The van der Waals surface area contributed by atoms with E-state index in [0.29, 0.717) is 12.1 Å². The van der Waals surface area contributed by atoms with Crippen molar-refractivity contribution in [3.05, 3.63) is 39.0 Å². The summed E-state index contributed by atoms with van der Waals surface area (Å²) in [7, 11) is 0. The van der Waals surface area contributed by atoms with Crippen molar-refractivity contribution in [2.75, 3.05) is 0 Å². The maximum absolute atomic E-state index is 4.31. The third kappa shape index (κ3) is 2.65. The van der Waals surface area contributed by atoms with Gasteiger partial charge < -0.3 is 5.32 Å². The Labute approximate surface area is 98.0 Å². The first kappa shape index (κ1) is 10.8. The topological polar surface area (TPSA) is 24.9 Å². The van der Waals surface area contributed by atoms with E-state index in [-0.39, 0.29) is 0 Å². The molecule has 2 atom stereocenters. The third-order valence-corrected chi connectivity index (χ3v) is 4.02. The molecule has 2 rings (SSSR count). The predicted octanol–water partition coefficient (Wildman–Crippen LogP) is 3.62. The normalized spacial score (nSPS) is 15.1. The fourth-order valence-corrected chi connectivity index (χ4v) is 2.92. The maximum atomic E-state index is 4.31. The highest BCUT2D eigenvalue weighted by Gasteiger charge is 2.12. The molecule has 0 spiro atoms. The van der Waals surface area contributed by atoms with Crippen LogP contribution in [0.5, 0.6) is 0 Å². The Morgan fingerprint density at radius 2 is 2.13 bits per heavy atom. The largest absolute Gasteiger partial charge is 0.301 e. The molecule has 0 aliphatic rings. The molecule has 2 aromatic rings. The average Bonchev–Trinajstić information content (AvgIpc) is 2.91. The van der Waals surface area contributed by atoms with E-state index in [9.17, 15) is 0 Å². The van der Waals surface area contributed by atoms with Gasteiger partial charge in [0.15, 0.2) is 0 Å². The van der Waals surface area contributed by atoms with Crippen LogP contribution >= 0.6 is 22.7 Å². The molecule has 4 heteroatoms. The summed E-state index contributed by atoms with van der Waals surface area (Å²) in [5, 5.41) is 11.0. The van der Waals surface area contributed by atoms with Crippen molar-refractivity contribution in [1.82, 2.24) is 10.3 Å². The zero-order valence-electron chi connectivity index (χ0n) is 8.81. The number of hydrogen-bond donors (Lipinski definition) is 1. The molecule has 0 aliphatic heterocycles. The Balaban J connectivity index is 1.98. The molecule has 0 aromatic carbocycles. The number of nitrogens with one attached hydrogen (secondary N) is 1. The van der Waals surface area contributed by atoms with Crippen LogP contribution in [0, 0.1) is 0 Å². The van der Waals surface area contributed by atoms with Crippen LogP contribution < -0.4 is 5.32 Å². The lowest BCUT2D eigenvalue weighted by Crippen LogP contribution is -2.21. The minimum atomic E-state index is 0.319. The Morgan fingerprint density at radius 1 is 1.27 bits per heavy atom. The van der Waals surface area contributed by atoms with Gasteiger partial charge in [-0.25, -0.2) is 4.98 Å². The highest BCUT2D eigenvalue weighted by Crippen LogP contribution is 2.21. The molecule has 0 bridgehead atoms. The lowest BCUT2D eigenvalue weighted by molar-refractivity contribution is 0.494. The first-order valence-corrected chi connectivity index (χ1v) is 6.77. The number of hydrogen-bond acceptors (Lipinski definition) is 4. The SMILES string of the molecule is CC(NC(C)c1nccs1)c1ccsc1. The Bertz CT molecular complexity index is 342. The molecule has 2 aromatic heterocycles. The molecule has 80 valence electrons. The summed E-state index contributed by atoms with van der Waals surface area (Å²) in [6.45, 7) is 4.34. The van der Waals surface area contributed by atoms with Gasteiger partial charge in [-0.3, -0.25) is 0 Å². The number of nitrogens with zero attached hydrogens (tertiary/aromatic N) is 1. The second-order valence-electron chi connectivity index (χ2n) is 3.54. The molecular weight excluding hydrogens is 224 g/mol. The van der Waals surface area contributed by atoms with Crippen molar-refractivity contribution in [3.8, 4) is 0 Å². The Hall–Kier alpha value is -0.710. The van der Waals surface area contributed by atoms with Crippen LogP contribution in [0.4, 0.5) is 0 Å². The number of aromatic nitrogens is 1.